The first-order valence-electron chi connectivity index (χ1n) is 15.8. The maximum atomic E-state index is 11.1. The third-order valence-electron chi connectivity index (χ3n) is 6.68. The highest BCUT2D eigenvalue weighted by molar-refractivity contribution is 5.65. The van der Waals surface area contributed by atoms with Gasteiger partial charge in [-0.2, -0.15) is 0 Å². The molecule has 1 N–H and O–H groups in total. The third kappa shape index (κ3) is 18.3. The van der Waals surface area contributed by atoms with Crippen molar-refractivity contribution in [3.63, 3.8) is 0 Å². The van der Waals surface area contributed by atoms with Crippen molar-refractivity contribution in [2.24, 2.45) is 0 Å². The molecule has 0 aromatic heterocycles. The number of ether oxygens (including phenoxy) is 6. The monoisotopic (exact) mass is 635 g/mol. The molecule has 2 rings (SSSR count). The van der Waals surface area contributed by atoms with E-state index in [0.717, 1.165) is 18.2 Å². The van der Waals surface area contributed by atoms with Crippen molar-refractivity contribution in [1.82, 2.24) is 0 Å². The molecule has 0 heterocycles. The lowest BCUT2D eigenvalue weighted by Gasteiger charge is -2.09. The van der Waals surface area contributed by atoms with E-state index in [-0.39, 0.29) is 23.7 Å². The van der Waals surface area contributed by atoms with Crippen molar-refractivity contribution >= 4 is 17.1 Å². The van der Waals surface area contributed by atoms with Crippen LogP contribution in [-0.4, -0.2) is 89.1 Å². The zero-order chi connectivity index (χ0) is 32.4. The number of hydrogen-bond donors (Lipinski definition) is 1. The van der Waals surface area contributed by atoms with E-state index in [9.17, 15) is 20.2 Å². The highest BCUT2D eigenvalue weighted by Crippen LogP contribution is 2.28. The molecule has 45 heavy (non-hydrogen) atoms. The maximum absolute atomic E-state index is 11.1. The fourth-order valence-electron chi connectivity index (χ4n) is 4.25. The summed E-state index contributed by atoms with van der Waals surface area (Å²) in [6, 6.07) is 11.8. The average Bonchev–Trinajstić information content (AvgIpc) is 3.04. The molecule has 0 unspecified atom stereocenters. The van der Waals surface area contributed by atoms with Crippen LogP contribution in [0.3, 0.4) is 0 Å². The molecular formula is C32H49N3O10. The van der Waals surface area contributed by atoms with Crippen LogP contribution in [0.4, 0.5) is 17.1 Å². The van der Waals surface area contributed by atoms with Crippen LogP contribution in [0.5, 0.6) is 5.75 Å². The fourth-order valence-corrected chi connectivity index (χ4v) is 4.25. The van der Waals surface area contributed by atoms with Gasteiger partial charge in [0.05, 0.1) is 82.0 Å². The number of aryl methyl sites for hydroxylation is 1. The summed E-state index contributed by atoms with van der Waals surface area (Å²) in [7, 11) is 0. The van der Waals surface area contributed by atoms with E-state index in [1.807, 2.05) is 12.1 Å². The van der Waals surface area contributed by atoms with Crippen LogP contribution < -0.4 is 10.1 Å². The molecule has 252 valence electrons. The summed E-state index contributed by atoms with van der Waals surface area (Å²) in [5.41, 5.74) is 0.855. The minimum Gasteiger partial charge on any atom is -0.491 e. The number of anilines is 1. The van der Waals surface area contributed by atoms with Gasteiger partial charge in [0.1, 0.15) is 18.0 Å². The van der Waals surface area contributed by atoms with E-state index in [0.29, 0.717) is 72.6 Å². The number of rotatable bonds is 29. The molecule has 2 aromatic carbocycles. The highest BCUT2D eigenvalue weighted by Gasteiger charge is 2.19. The van der Waals surface area contributed by atoms with Crippen molar-refractivity contribution in [3.05, 3.63) is 68.3 Å². The lowest BCUT2D eigenvalue weighted by atomic mass is 10.0. The maximum Gasteiger partial charge on any atom is 0.299 e. The topological polar surface area (TPSA) is 154 Å². The van der Waals surface area contributed by atoms with Gasteiger partial charge in [-0.05, 0) is 36.6 Å². The summed E-state index contributed by atoms with van der Waals surface area (Å²) >= 11 is 0. The predicted molar refractivity (Wildman–Crippen MR) is 171 cm³/mol. The van der Waals surface area contributed by atoms with Crippen molar-refractivity contribution in [2.75, 3.05) is 84.5 Å². The van der Waals surface area contributed by atoms with Crippen LogP contribution >= 0.6 is 0 Å². The normalized spacial score (nSPS) is 11.0. The Morgan fingerprint density at radius 1 is 0.622 bits per heavy atom. The molecule has 13 nitrogen and oxygen atoms in total. The molecular weight excluding hydrogens is 586 g/mol. The molecule has 0 bridgehead atoms. The zero-order valence-electron chi connectivity index (χ0n) is 26.5. The molecule has 13 heteroatoms. The SMILES string of the molecule is CCCCCCCCc1ccc(OCCOCCOCCOCCOCCOCCNc2ccc([N+](=O)[O-])cc2[N+](=O)[O-])cc1. The van der Waals surface area contributed by atoms with Gasteiger partial charge in [0.25, 0.3) is 11.4 Å². The number of nitrogens with zero attached hydrogens (tertiary/aromatic N) is 2. The Hall–Kier alpha value is -3.36. The predicted octanol–water partition coefficient (Wildman–Crippen LogP) is 5.98. The number of benzene rings is 2. The number of nitro benzene ring substituents is 2. The van der Waals surface area contributed by atoms with Gasteiger partial charge < -0.3 is 33.7 Å². The first-order valence-corrected chi connectivity index (χ1v) is 15.8. The second-order valence-electron chi connectivity index (χ2n) is 10.2. The van der Waals surface area contributed by atoms with E-state index in [2.05, 4.69) is 24.4 Å². The van der Waals surface area contributed by atoms with Gasteiger partial charge in [-0.15, -0.1) is 0 Å². The summed E-state index contributed by atoms with van der Waals surface area (Å²) in [5, 5.41) is 24.8. The lowest BCUT2D eigenvalue weighted by Crippen LogP contribution is -2.15. The number of non-ortho nitro benzene ring substituents is 1. The summed E-state index contributed by atoms with van der Waals surface area (Å²) in [6.45, 7) is 7.30. The summed E-state index contributed by atoms with van der Waals surface area (Å²) in [5.74, 6) is 0.861. The Kier molecular flexibility index (Phi) is 20.9. The van der Waals surface area contributed by atoms with Crippen molar-refractivity contribution in [1.29, 1.82) is 0 Å². The molecule has 0 saturated heterocycles. The summed E-state index contributed by atoms with van der Waals surface area (Å²) in [4.78, 5) is 20.6. The minimum atomic E-state index is -0.675. The van der Waals surface area contributed by atoms with Gasteiger partial charge in [0.2, 0.25) is 0 Å². The van der Waals surface area contributed by atoms with E-state index in [1.54, 1.807) is 0 Å². The van der Waals surface area contributed by atoms with E-state index < -0.39 is 9.85 Å². The van der Waals surface area contributed by atoms with Crippen molar-refractivity contribution in [2.45, 2.75) is 51.9 Å². The molecule has 0 amide bonds. The first-order chi connectivity index (χ1) is 22.0. The average molecular weight is 636 g/mol. The number of hydrogen-bond acceptors (Lipinski definition) is 11. The largest absolute Gasteiger partial charge is 0.491 e. The van der Waals surface area contributed by atoms with Gasteiger partial charge >= 0.3 is 0 Å². The third-order valence-corrected chi connectivity index (χ3v) is 6.68. The molecule has 2 aromatic rings. The van der Waals surface area contributed by atoms with Gasteiger partial charge in [-0.25, -0.2) is 0 Å². The number of nitrogens with one attached hydrogen (secondary N) is 1. The standard InChI is InChI=1S/C32H49N3O10/c1-2-3-4-5-6-7-8-28-9-12-30(13-10-28)45-26-25-44-24-23-43-22-21-42-20-19-41-18-17-40-16-15-33-31-14-11-29(34(36)37)27-32(31)35(38)39/h9-14,27,33H,2-8,15-26H2,1H3. The van der Waals surface area contributed by atoms with Crippen LogP contribution in [0, 0.1) is 20.2 Å². The van der Waals surface area contributed by atoms with Gasteiger partial charge in [0, 0.05) is 12.6 Å². The van der Waals surface area contributed by atoms with E-state index >= 15 is 0 Å². The molecule has 0 atom stereocenters. The van der Waals surface area contributed by atoms with Gasteiger partial charge in [-0.3, -0.25) is 20.2 Å². The summed E-state index contributed by atoms with van der Waals surface area (Å²) < 4.78 is 33.1. The summed E-state index contributed by atoms with van der Waals surface area (Å²) in [6.07, 6.45) is 8.98. The van der Waals surface area contributed by atoms with Crippen molar-refractivity contribution < 1.29 is 38.3 Å². The molecule has 0 spiro atoms. The molecule has 0 saturated carbocycles. The smallest absolute Gasteiger partial charge is 0.299 e. The van der Waals surface area contributed by atoms with E-state index in [1.165, 1.54) is 56.2 Å². The van der Waals surface area contributed by atoms with E-state index in [4.69, 9.17) is 28.4 Å². The van der Waals surface area contributed by atoms with Crippen molar-refractivity contribution in [3.8, 4) is 5.75 Å². The molecule has 0 fully saturated rings. The second kappa shape index (κ2) is 24.9. The van der Waals surface area contributed by atoms with Crippen LogP contribution in [0.15, 0.2) is 42.5 Å². The Morgan fingerprint density at radius 2 is 1.16 bits per heavy atom. The fraction of sp³-hybridized carbons (Fsp3) is 0.625. The Bertz CT molecular complexity index is 1070. The molecule has 0 aliphatic rings. The molecule has 0 aliphatic carbocycles. The first kappa shape index (κ1) is 37.8. The Balaban J connectivity index is 1.32. The van der Waals surface area contributed by atoms with Crippen LogP contribution in [-0.2, 0) is 30.1 Å². The highest BCUT2D eigenvalue weighted by atomic mass is 16.6. The number of nitro groups is 2. The Morgan fingerprint density at radius 3 is 1.71 bits per heavy atom. The molecule has 0 aliphatic heterocycles. The number of unbranched alkanes of at least 4 members (excludes halogenated alkanes) is 5. The minimum absolute atomic E-state index is 0.194. The van der Waals surface area contributed by atoms with Crippen LogP contribution in [0.1, 0.15) is 51.0 Å². The second-order valence-corrected chi connectivity index (χ2v) is 10.2. The van der Waals surface area contributed by atoms with Crippen LogP contribution in [0.25, 0.3) is 0 Å². The van der Waals surface area contributed by atoms with Gasteiger partial charge in [-0.1, -0.05) is 51.2 Å². The zero-order valence-corrected chi connectivity index (χ0v) is 26.5. The van der Waals surface area contributed by atoms with Crippen LogP contribution in [0.2, 0.25) is 0 Å². The molecule has 0 radical (unpaired) electrons. The quantitative estimate of drug-likeness (QED) is 0.0638. The Labute approximate surface area is 265 Å². The van der Waals surface area contributed by atoms with Gasteiger partial charge in [0.15, 0.2) is 0 Å². The lowest BCUT2D eigenvalue weighted by molar-refractivity contribution is -0.393.